The van der Waals surface area contributed by atoms with Crippen LogP contribution in [0.15, 0.2) is 39.0 Å². The van der Waals surface area contributed by atoms with Crippen LogP contribution in [0.4, 0.5) is 0 Å². The highest BCUT2D eigenvalue weighted by Gasteiger charge is 2.35. The first-order chi connectivity index (χ1) is 14.4. The van der Waals surface area contributed by atoms with Gasteiger partial charge in [-0.3, -0.25) is 19.1 Å². The molecule has 1 aromatic heterocycles. The molecule has 0 radical (unpaired) electrons. The maximum Gasteiger partial charge on any atom is 0.331 e. The van der Waals surface area contributed by atoms with Crippen LogP contribution >= 0.6 is 11.6 Å². The van der Waals surface area contributed by atoms with E-state index in [0.29, 0.717) is 5.02 Å². The van der Waals surface area contributed by atoms with Crippen LogP contribution in [0.25, 0.3) is 0 Å². The molecule has 1 amide bonds. The van der Waals surface area contributed by atoms with E-state index in [4.69, 9.17) is 11.6 Å². The summed E-state index contributed by atoms with van der Waals surface area (Å²) in [6, 6.07) is 6.45. The number of hydrazone groups is 1. The summed E-state index contributed by atoms with van der Waals surface area (Å²) in [5, 5.41) is 17.1. The summed E-state index contributed by atoms with van der Waals surface area (Å²) < 4.78 is 1.27. The minimum atomic E-state index is -0.705. The molecule has 1 atom stereocenters. The third kappa shape index (κ3) is 3.67. The van der Waals surface area contributed by atoms with Crippen molar-refractivity contribution >= 4 is 23.2 Å². The van der Waals surface area contributed by atoms with E-state index in [9.17, 15) is 19.5 Å². The number of benzene rings is 1. The minimum Gasteiger partial charge on any atom is -0.494 e. The van der Waals surface area contributed by atoms with Crippen molar-refractivity contribution in [2.75, 3.05) is 0 Å². The molecule has 8 nitrogen and oxygen atoms in total. The van der Waals surface area contributed by atoms with Crippen LogP contribution in [0.1, 0.15) is 68.7 Å². The van der Waals surface area contributed by atoms with Gasteiger partial charge in [0.25, 0.3) is 5.56 Å². The predicted octanol–water partition coefficient (Wildman–Crippen LogP) is 3.10. The van der Waals surface area contributed by atoms with Crippen LogP contribution in [0.5, 0.6) is 5.88 Å². The van der Waals surface area contributed by atoms with E-state index in [-0.39, 0.29) is 35.5 Å². The van der Waals surface area contributed by atoms with Crippen molar-refractivity contribution in [1.82, 2.24) is 14.6 Å². The first-order valence-electron chi connectivity index (χ1n) is 10.1. The number of halogens is 1. The lowest BCUT2D eigenvalue weighted by atomic mass is 9.95. The van der Waals surface area contributed by atoms with Gasteiger partial charge < -0.3 is 5.11 Å². The molecule has 30 heavy (non-hydrogen) atoms. The lowest BCUT2D eigenvalue weighted by Gasteiger charge is -2.25. The SMILES string of the molecule is CC(=O)N1N=C(c2c(O)n(C3CCCCC3)c(=O)[nH]c2=O)CC1c1ccc(Cl)cc1. The number of carbonyl (C=O) groups excluding carboxylic acids is 1. The van der Waals surface area contributed by atoms with Crippen molar-refractivity contribution in [3.63, 3.8) is 0 Å². The molecule has 1 fully saturated rings. The van der Waals surface area contributed by atoms with E-state index >= 15 is 0 Å². The number of rotatable bonds is 3. The summed E-state index contributed by atoms with van der Waals surface area (Å²) in [4.78, 5) is 39.6. The normalized spacial score (nSPS) is 19.7. The topological polar surface area (TPSA) is 108 Å². The Bertz CT molecular complexity index is 1110. The Morgan fingerprint density at radius 2 is 1.83 bits per heavy atom. The number of nitrogens with one attached hydrogen (secondary N) is 1. The van der Waals surface area contributed by atoms with Gasteiger partial charge in [-0.1, -0.05) is 43.0 Å². The molecule has 0 bridgehead atoms. The zero-order valence-corrected chi connectivity index (χ0v) is 17.4. The van der Waals surface area contributed by atoms with Gasteiger partial charge in [0.05, 0.1) is 11.8 Å². The Morgan fingerprint density at radius 3 is 2.47 bits per heavy atom. The van der Waals surface area contributed by atoms with Gasteiger partial charge in [-0.15, -0.1) is 0 Å². The van der Waals surface area contributed by atoms with Crippen LogP contribution in [0.2, 0.25) is 5.02 Å². The largest absolute Gasteiger partial charge is 0.494 e. The van der Waals surface area contributed by atoms with Crippen LogP contribution in [-0.2, 0) is 4.79 Å². The Labute approximate surface area is 177 Å². The third-order valence-electron chi connectivity index (χ3n) is 5.83. The Morgan fingerprint density at radius 1 is 1.17 bits per heavy atom. The van der Waals surface area contributed by atoms with Crippen molar-refractivity contribution in [2.45, 2.75) is 57.5 Å². The first-order valence-corrected chi connectivity index (χ1v) is 10.5. The average molecular weight is 431 g/mol. The Kier molecular flexibility index (Phi) is 5.51. The van der Waals surface area contributed by atoms with E-state index in [1.165, 1.54) is 16.5 Å². The second kappa shape index (κ2) is 8.10. The van der Waals surface area contributed by atoms with E-state index in [2.05, 4.69) is 10.1 Å². The van der Waals surface area contributed by atoms with Crippen LogP contribution in [-0.4, -0.2) is 31.3 Å². The number of carbonyl (C=O) groups is 1. The smallest absolute Gasteiger partial charge is 0.331 e. The average Bonchev–Trinajstić information content (AvgIpc) is 3.14. The van der Waals surface area contributed by atoms with Crippen molar-refractivity contribution in [3.05, 3.63) is 61.3 Å². The molecule has 2 N–H and O–H groups in total. The Balaban J connectivity index is 1.77. The summed E-state index contributed by atoms with van der Waals surface area (Å²) in [5.41, 5.74) is -0.297. The molecule has 2 aliphatic rings. The number of aromatic nitrogens is 2. The van der Waals surface area contributed by atoms with Crippen molar-refractivity contribution in [2.24, 2.45) is 5.10 Å². The quantitative estimate of drug-likeness (QED) is 0.779. The van der Waals surface area contributed by atoms with Gasteiger partial charge in [-0.2, -0.15) is 5.10 Å². The fourth-order valence-electron chi connectivity index (χ4n) is 4.37. The maximum atomic E-state index is 12.6. The summed E-state index contributed by atoms with van der Waals surface area (Å²) in [5.74, 6) is -0.670. The van der Waals surface area contributed by atoms with Gasteiger partial charge >= 0.3 is 5.69 Å². The highest BCUT2D eigenvalue weighted by Crippen LogP contribution is 2.35. The monoisotopic (exact) mass is 430 g/mol. The third-order valence-corrected chi connectivity index (χ3v) is 6.09. The van der Waals surface area contributed by atoms with E-state index in [1.807, 2.05) is 0 Å². The predicted molar refractivity (Wildman–Crippen MR) is 113 cm³/mol. The van der Waals surface area contributed by atoms with Crippen LogP contribution in [0, 0.1) is 0 Å². The molecule has 158 valence electrons. The van der Waals surface area contributed by atoms with Gasteiger partial charge in [0, 0.05) is 24.4 Å². The van der Waals surface area contributed by atoms with Gasteiger partial charge in [0.2, 0.25) is 11.8 Å². The van der Waals surface area contributed by atoms with E-state index < -0.39 is 17.3 Å². The summed E-state index contributed by atoms with van der Waals surface area (Å²) in [6.45, 7) is 1.39. The molecule has 1 aliphatic carbocycles. The molecule has 1 unspecified atom stereocenters. The summed E-state index contributed by atoms with van der Waals surface area (Å²) in [7, 11) is 0. The van der Waals surface area contributed by atoms with E-state index in [0.717, 1.165) is 37.7 Å². The molecule has 2 aromatic rings. The lowest BCUT2D eigenvalue weighted by Crippen LogP contribution is -2.36. The fraction of sp³-hybridized carbons (Fsp3) is 0.429. The Hall–Kier alpha value is -2.87. The number of hydrogen-bond donors (Lipinski definition) is 2. The number of hydrogen-bond acceptors (Lipinski definition) is 5. The molecule has 1 aromatic carbocycles. The number of aromatic amines is 1. The highest BCUT2D eigenvalue weighted by molar-refractivity contribution is 6.30. The maximum absolute atomic E-state index is 12.6. The minimum absolute atomic E-state index is 0.0529. The van der Waals surface area contributed by atoms with Gasteiger partial charge in [0.15, 0.2) is 0 Å². The molecule has 0 spiro atoms. The number of amides is 1. The first kappa shape index (κ1) is 20.4. The molecule has 1 aliphatic heterocycles. The number of H-pyrrole nitrogens is 1. The number of aromatic hydroxyl groups is 1. The molecular formula is C21H23ClN4O4. The fourth-order valence-corrected chi connectivity index (χ4v) is 4.50. The highest BCUT2D eigenvalue weighted by atomic mass is 35.5. The zero-order valence-electron chi connectivity index (χ0n) is 16.6. The number of nitrogens with zero attached hydrogens (tertiary/aromatic N) is 3. The van der Waals surface area contributed by atoms with Gasteiger partial charge in [-0.25, -0.2) is 9.80 Å². The van der Waals surface area contributed by atoms with E-state index in [1.54, 1.807) is 24.3 Å². The van der Waals surface area contributed by atoms with Crippen molar-refractivity contribution < 1.29 is 9.90 Å². The summed E-state index contributed by atoms with van der Waals surface area (Å²) in [6.07, 6.45) is 4.77. The molecule has 0 saturated heterocycles. The lowest BCUT2D eigenvalue weighted by molar-refractivity contribution is -0.130. The molecular weight excluding hydrogens is 408 g/mol. The molecule has 4 rings (SSSR count). The van der Waals surface area contributed by atoms with Gasteiger partial charge in [-0.05, 0) is 30.5 Å². The standard InChI is InChI=1S/C21H23ClN4O4/c1-12(27)26-17(13-7-9-14(22)10-8-13)11-16(24-26)18-19(28)23-21(30)25(20(18)29)15-5-3-2-4-6-15/h7-10,15,17,29H,2-6,11H2,1H3,(H,23,28,30). The summed E-state index contributed by atoms with van der Waals surface area (Å²) >= 11 is 5.97. The van der Waals surface area contributed by atoms with Crippen LogP contribution in [0.3, 0.4) is 0 Å². The van der Waals surface area contributed by atoms with Crippen molar-refractivity contribution in [1.29, 1.82) is 0 Å². The molecule has 1 saturated carbocycles. The molecule has 2 heterocycles. The van der Waals surface area contributed by atoms with Gasteiger partial charge in [0.1, 0.15) is 5.56 Å². The second-order valence-electron chi connectivity index (χ2n) is 7.80. The van der Waals surface area contributed by atoms with Crippen molar-refractivity contribution in [3.8, 4) is 5.88 Å². The molecule has 9 heteroatoms. The van der Waals surface area contributed by atoms with Crippen LogP contribution < -0.4 is 11.2 Å². The zero-order chi connectivity index (χ0) is 21.4. The second-order valence-corrected chi connectivity index (χ2v) is 8.24.